The average Bonchev–Trinajstić information content (AvgIpc) is 2.97. The lowest BCUT2D eigenvalue weighted by molar-refractivity contribution is 0.0820. The summed E-state index contributed by atoms with van der Waals surface area (Å²) in [6.07, 6.45) is 1.50. The van der Waals surface area contributed by atoms with E-state index in [1.54, 1.807) is 42.9 Å². The molecule has 2 heterocycles. The second kappa shape index (κ2) is 6.58. The van der Waals surface area contributed by atoms with Gasteiger partial charge in [-0.2, -0.15) is 4.31 Å². The third-order valence-electron chi connectivity index (χ3n) is 4.09. The number of hydrogen-bond acceptors (Lipinski definition) is 5. The van der Waals surface area contributed by atoms with Crippen LogP contribution in [0, 0.1) is 0 Å². The van der Waals surface area contributed by atoms with E-state index in [0.717, 1.165) is 0 Å². The molecule has 0 fully saturated rings. The highest BCUT2D eigenvalue weighted by Crippen LogP contribution is 2.31. The van der Waals surface area contributed by atoms with E-state index in [9.17, 15) is 13.2 Å². The third-order valence-corrected chi connectivity index (χ3v) is 5.98. The average molecular weight is 364 g/mol. The SMILES string of the molecule is COCCN1Cc2c(C(=O)N(C)C)ncn2-c2ccccc2S1(=O)=O. The van der Waals surface area contributed by atoms with E-state index < -0.39 is 10.0 Å². The molecule has 1 aliphatic rings. The standard InChI is InChI=1S/C16H20N4O4S/c1-18(2)16(21)15-13-10-19(8-9-24-3)25(22,23)14-7-5-4-6-12(14)20(13)11-17-15/h4-7,11H,8-10H2,1-3H3. The van der Waals surface area contributed by atoms with E-state index in [1.807, 2.05) is 0 Å². The van der Waals surface area contributed by atoms with Crippen molar-refractivity contribution in [3.63, 3.8) is 0 Å². The Hall–Kier alpha value is -2.23. The summed E-state index contributed by atoms with van der Waals surface area (Å²) >= 11 is 0. The summed E-state index contributed by atoms with van der Waals surface area (Å²) < 4.78 is 34.2. The number of para-hydroxylation sites is 1. The van der Waals surface area contributed by atoms with Crippen LogP contribution < -0.4 is 0 Å². The van der Waals surface area contributed by atoms with Gasteiger partial charge >= 0.3 is 0 Å². The lowest BCUT2D eigenvalue weighted by atomic mass is 10.2. The highest BCUT2D eigenvalue weighted by molar-refractivity contribution is 7.89. The number of rotatable bonds is 4. The van der Waals surface area contributed by atoms with Crippen LogP contribution in [0.1, 0.15) is 16.2 Å². The molecule has 1 amide bonds. The highest BCUT2D eigenvalue weighted by atomic mass is 32.2. The van der Waals surface area contributed by atoms with Crippen LogP contribution >= 0.6 is 0 Å². The summed E-state index contributed by atoms with van der Waals surface area (Å²) in [6, 6.07) is 6.71. The van der Waals surface area contributed by atoms with Gasteiger partial charge in [0.15, 0.2) is 5.69 Å². The van der Waals surface area contributed by atoms with E-state index in [4.69, 9.17) is 4.74 Å². The molecular formula is C16H20N4O4S. The lowest BCUT2D eigenvalue weighted by Crippen LogP contribution is -2.33. The molecule has 2 aromatic rings. The first-order valence-corrected chi connectivity index (χ1v) is 9.18. The molecule has 0 N–H and O–H groups in total. The largest absolute Gasteiger partial charge is 0.383 e. The van der Waals surface area contributed by atoms with Gasteiger partial charge in [-0.15, -0.1) is 0 Å². The first-order valence-electron chi connectivity index (χ1n) is 7.74. The van der Waals surface area contributed by atoms with Crippen LogP contribution in [0.2, 0.25) is 0 Å². The van der Waals surface area contributed by atoms with Gasteiger partial charge in [-0.05, 0) is 12.1 Å². The van der Waals surface area contributed by atoms with E-state index in [-0.39, 0.29) is 36.2 Å². The van der Waals surface area contributed by atoms with Crippen LogP contribution in [0.15, 0.2) is 35.5 Å². The zero-order valence-electron chi connectivity index (χ0n) is 14.3. The van der Waals surface area contributed by atoms with Gasteiger partial charge in [-0.1, -0.05) is 12.1 Å². The topological polar surface area (TPSA) is 84.7 Å². The summed E-state index contributed by atoms with van der Waals surface area (Å²) in [7, 11) is 1.08. The zero-order valence-corrected chi connectivity index (χ0v) is 15.2. The molecule has 0 aliphatic carbocycles. The minimum Gasteiger partial charge on any atom is -0.383 e. The van der Waals surface area contributed by atoms with Crippen molar-refractivity contribution in [3.05, 3.63) is 42.0 Å². The van der Waals surface area contributed by atoms with Crippen LogP contribution in [-0.4, -0.2) is 67.4 Å². The van der Waals surface area contributed by atoms with Crippen molar-refractivity contribution in [2.45, 2.75) is 11.4 Å². The Morgan fingerprint density at radius 2 is 2.04 bits per heavy atom. The molecule has 1 aliphatic heterocycles. The molecule has 0 radical (unpaired) electrons. The zero-order chi connectivity index (χ0) is 18.2. The van der Waals surface area contributed by atoms with Crippen molar-refractivity contribution >= 4 is 15.9 Å². The molecule has 0 saturated carbocycles. The van der Waals surface area contributed by atoms with Crippen LogP contribution in [0.5, 0.6) is 0 Å². The number of amides is 1. The summed E-state index contributed by atoms with van der Waals surface area (Å²) in [5.74, 6) is -0.266. The van der Waals surface area contributed by atoms with Crippen LogP contribution in [0.3, 0.4) is 0 Å². The molecule has 0 atom stereocenters. The molecular weight excluding hydrogens is 344 g/mol. The molecule has 1 aromatic carbocycles. The summed E-state index contributed by atoms with van der Waals surface area (Å²) in [5, 5.41) is 0. The minimum atomic E-state index is -3.71. The molecule has 25 heavy (non-hydrogen) atoms. The Labute approximate surface area is 146 Å². The van der Waals surface area contributed by atoms with Gasteiger partial charge < -0.3 is 9.64 Å². The maximum Gasteiger partial charge on any atom is 0.273 e. The number of carbonyl (C=O) groups excluding carboxylic acids is 1. The maximum atomic E-state index is 13.1. The fraction of sp³-hybridized carbons (Fsp3) is 0.375. The fourth-order valence-electron chi connectivity index (χ4n) is 2.78. The second-order valence-electron chi connectivity index (χ2n) is 5.91. The van der Waals surface area contributed by atoms with E-state index >= 15 is 0 Å². The molecule has 0 saturated heterocycles. The van der Waals surface area contributed by atoms with E-state index in [1.165, 1.54) is 22.6 Å². The smallest absolute Gasteiger partial charge is 0.273 e. The first kappa shape index (κ1) is 17.6. The van der Waals surface area contributed by atoms with Gasteiger partial charge in [0, 0.05) is 27.7 Å². The molecule has 8 nitrogen and oxygen atoms in total. The Kier molecular flexibility index (Phi) is 4.63. The third kappa shape index (κ3) is 2.94. The molecule has 1 aromatic heterocycles. The second-order valence-corrected chi connectivity index (χ2v) is 7.81. The van der Waals surface area contributed by atoms with Crippen molar-refractivity contribution in [2.24, 2.45) is 0 Å². The quantitative estimate of drug-likeness (QED) is 0.798. The first-order chi connectivity index (χ1) is 11.9. The number of hydrogen-bond donors (Lipinski definition) is 0. The van der Waals surface area contributed by atoms with Crippen molar-refractivity contribution in [2.75, 3.05) is 34.4 Å². The number of carbonyl (C=O) groups is 1. The van der Waals surface area contributed by atoms with Gasteiger partial charge in [0.1, 0.15) is 11.2 Å². The highest BCUT2D eigenvalue weighted by Gasteiger charge is 2.34. The molecule has 134 valence electrons. The Morgan fingerprint density at radius 3 is 2.72 bits per heavy atom. The normalized spacial score (nSPS) is 16.0. The van der Waals surface area contributed by atoms with Crippen LogP contribution in [0.4, 0.5) is 0 Å². The predicted molar refractivity (Wildman–Crippen MR) is 91.1 cm³/mol. The molecule has 0 spiro atoms. The van der Waals surface area contributed by atoms with E-state index in [2.05, 4.69) is 4.98 Å². The van der Waals surface area contributed by atoms with Crippen molar-refractivity contribution in [1.82, 2.24) is 18.8 Å². The van der Waals surface area contributed by atoms with Gasteiger partial charge in [0.25, 0.3) is 5.91 Å². The van der Waals surface area contributed by atoms with Crippen LogP contribution in [-0.2, 0) is 21.3 Å². The maximum absolute atomic E-state index is 13.1. The van der Waals surface area contributed by atoms with Crippen molar-refractivity contribution in [1.29, 1.82) is 0 Å². The number of imidazole rings is 1. The monoisotopic (exact) mass is 364 g/mol. The Balaban J connectivity index is 2.22. The minimum absolute atomic E-state index is 0.0509. The molecule has 3 rings (SSSR count). The Bertz CT molecular complexity index is 905. The molecule has 0 unspecified atom stereocenters. The fourth-order valence-corrected chi connectivity index (χ4v) is 4.35. The number of aromatic nitrogens is 2. The number of nitrogens with zero attached hydrogens (tertiary/aromatic N) is 4. The number of fused-ring (bicyclic) bond motifs is 3. The van der Waals surface area contributed by atoms with Gasteiger partial charge in [-0.3, -0.25) is 9.36 Å². The van der Waals surface area contributed by atoms with Crippen LogP contribution in [0.25, 0.3) is 5.69 Å². The van der Waals surface area contributed by atoms with Crippen molar-refractivity contribution < 1.29 is 17.9 Å². The number of benzene rings is 1. The lowest BCUT2D eigenvalue weighted by Gasteiger charge is -2.20. The van der Waals surface area contributed by atoms with Gasteiger partial charge in [0.2, 0.25) is 10.0 Å². The molecule has 0 bridgehead atoms. The number of ether oxygens (including phenoxy) is 1. The molecule has 9 heteroatoms. The predicted octanol–water partition coefficient (Wildman–Crippen LogP) is 0.725. The number of sulfonamides is 1. The number of methoxy groups -OCH3 is 1. The summed E-state index contributed by atoms with van der Waals surface area (Å²) in [6.45, 7) is 0.496. The van der Waals surface area contributed by atoms with Gasteiger partial charge in [0.05, 0.1) is 24.5 Å². The summed E-state index contributed by atoms with van der Waals surface area (Å²) in [4.78, 5) is 18.3. The van der Waals surface area contributed by atoms with E-state index in [0.29, 0.717) is 11.4 Å². The summed E-state index contributed by atoms with van der Waals surface area (Å²) in [5.41, 5.74) is 1.28. The Morgan fingerprint density at radius 1 is 1.32 bits per heavy atom. The van der Waals surface area contributed by atoms with Crippen molar-refractivity contribution in [3.8, 4) is 5.69 Å². The van der Waals surface area contributed by atoms with Gasteiger partial charge in [-0.25, -0.2) is 13.4 Å².